The van der Waals surface area contributed by atoms with E-state index in [2.05, 4.69) is 15.2 Å². The molecule has 0 aromatic carbocycles. The smallest absolute Gasteiger partial charge is 0.270 e. The molecule has 1 fully saturated rings. The van der Waals surface area contributed by atoms with Gasteiger partial charge in [0.25, 0.3) is 5.91 Å². The number of amides is 1. The summed E-state index contributed by atoms with van der Waals surface area (Å²) in [7, 11) is 0. The number of nitrogens with zero attached hydrogens (tertiary/aromatic N) is 2. The molecule has 0 radical (unpaired) electrons. The lowest BCUT2D eigenvalue weighted by atomic mass is 10.1. The van der Waals surface area contributed by atoms with E-state index in [1.54, 1.807) is 6.20 Å². The van der Waals surface area contributed by atoms with Crippen molar-refractivity contribution in [2.24, 2.45) is 0 Å². The third-order valence-corrected chi connectivity index (χ3v) is 3.12. The van der Waals surface area contributed by atoms with Gasteiger partial charge in [-0.05, 0) is 45.2 Å². The molecule has 1 aromatic heterocycles. The normalized spacial score (nSPS) is 15.8. The van der Waals surface area contributed by atoms with Crippen molar-refractivity contribution in [3.8, 4) is 0 Å². The molecule has 0 spiro atoms. The number of anilines is 1. The van der Waals surface area contributed by atoms with Gasteiger partial charge in [0.05, 0.1) is 0 Å². The lowest BCUT2D eigenvalue weighted by molar-refractivity contribution is 0.0938. The molecule has 0 atom stereocenters. The first-order chi connectivity index (χ1) is 8.66. The van der Waals surface area contributed by atoms with Gasteiger partial charge in [0.1, 0.15) is 5.69 Å². The SMILES string of the molecule is CC(C)NC(=O)c1cc(N2CCCCC2)ccn1. The van der Waals surface area contributed by atoms with E-state index in [-0.39, 0.29) is 11.9 Å². The van der Waals surface area contributed by atoms with Crippen LogP contribution in [0.15, 0.2) is 18.3 Å². The fourth-order valence-electron chi connectivity index (χ4n) is 2.23. The van der Waals surface area contributed by atoms with Crippen LogP contribution >= 0.6 is 0 Å². The molecule has 0 saturated carbocycles. The Kier molecular flexibility index (Phi) is 4.18. The number of carbonyl (C=O) groups is 1. The molecule has 0 bridgehead atoms. The molecule has 1 aliphatic rings. The van der Waals surface area contributed by atoms with Crippen LogP contribution in [0.25, 0.3) is 0 Å². The Balaban J connectivity index is 2.11. The van der Waals surface area contributed by atoms with Gasteiger partial charge in [-0.2, -0.15) is 0 Å². The summed E-state index contributed by atoms with van der Waals surface area (Å²) in [5.74, 6) is -0.0936. The van der Waals surface area contributed by atoms with Crippen LogP contribution < -0.4 is 10.2 Å². The summed E-state index contributed by atoms with van der Waals surface area (Å²) in [5, 5.41) is 2.87. The highest BCUT2D eigenvalue weighted by Gasteiger charge is 2.14. The van der Waals surface area contributed by atoms with Crippen LogP contribution in [0.3, 0.4) is 0 Å². The average molecular weight is 247 g/mol. The Morgan fingerprint density at radius 1 is 1.33 bits per heavy atom. The second-order valence-electron chi connectivity index (χ2n) is 5.08. The number of carbonyl (C=O) groups excluding carboxylic acids is 1. The average Bonchev–Trinajstić information content (AvgIpc) is 2.39. The summed E-state index contributed by atoms with van der Waals surface area (Å²) >= 11 is 0. The number of nitrogens with one attached hydrogen (secondary N) is 1. The van der Waals surface area contributed by atoms with E-state index in [4.69, 9.17) is 0 Å². The molecular formula is C14H21N3O. The fourth-order valence-corrected chi connectivity index (χ4v) is 2.23. The lowest BCUT2D eigenvalue weighted by Crippen LogP contribution is -2.32. The molecule has 2 heterocycles. The highest BCUT2D eigenvalue weighted by molar-refractivity contribution is 5.93. The molecule has 1 aliphatic heterocycles. The third kappa shape index (κ3) is 3.22. The molecular weight excluding hydrogens is 226 g/mol. The molecule has 18 heavy (non-hydrogen) atoms. The van der Waals surface area contributed by atoms with E-state index in [1.165, 1.54) is 19.3 Å². The van der Waals surface area contributed by atoms with Crippen LogP contribution in [0.5, 0.6) is 0 Å². The van der Waals surface area contributed by atoms with E-state index < -0.39 is 0 Å². The van der Waals surface area contributed by atoms with E-state index in [0.29, 0.717) is 5.69 Å². The Morgan fingerprint density at radius 3 is 2.72 bits per heavy atom. The summed E-state index contributed by atoms with van der Waals surface area (Å²) in [5.41, 5.74) is 1.62. The number of aromatic nitrogens is 1. The first-order valence-corrected chi connectivity index (χ1v) is 6.68. The quantitative estimate of drug-likeness (QED) is 0.890. The van der Waals surface area contributed by atoms with Crippen LogP contribution in [0.1, 0.15) is 43.6 Å². The van der Waals surface area contributed by atoms with E-state index in [1.807, 2.05) is 26.0 Å². The highest BCUT2D eigenvalue weighted by Crippen LogP contribution is 2.19. The van der Waals surface area contributed by atoms with Gasteiger partial charge in [-0.1, -0.05) is 0 Å². The lowest BCUT2D eigenvalue weighted by Gasteiger charge is -2.28. The van der Waals surface area contributed by atoms with E-state index >= 15 is 0 Å². The molecule has 1 aromatic rings. The Labute approximate surface area is 108 Å². The summed E-state index contributed by atoms with van der Waals surface area (Å²) in [6.07, 6.45) is 5.49. The van der Waals surface area contributed by atoms with Gasteiger partial charge < -0.3 is 10.2 Å². The van der Waals surface area contributed by atoms with Gasteiger partial charge >= 0.3 is 0 Å². The van der Waals surface area contributed by atoms with Crippen molar-refractivity contribution in [3.63, 3.8) is 0 Å². The van der Waals surface area contributed by atoms with Crippen molar-refractivity contribution in [2.45, 2.75) is 39.2 Å². The monoisotopic (exact) mass is 247 g/mol. The maximum Gasteiger partial charge on any atom is 0.270 e. The number of piperidine rings is 1. The largest absolute Gasteiger partial charge is 0.371 e. The van der Waals surface area contributed by atoms with Crippen LogP contribution in [0.2, 0.25) is 0 Å². The molecule has 4 nitrogen and oxygen atoms in total. The van der Waals surface area contributed by atoms with Gasteiger partial charge in [0.15, 0.2) is 0 Å². The maximum atomic E-state index is 11.9. The summed E-state index contributed by atoms with van der Waals surface area (Å²) in [6, 6.07) is 4.01. The van der Waals surface area contributed by atoms with Crippen LogP contribution in [-0.4, -0.2) is 30.0 Å². The predicted octanol–water partition coefficient (Wildman–Crippen LogP) is 2.21. The highest BCUT2D eigenvalue weighted by atomic mass is 16.1. The molecule has 4 heteroatoms. The zero-order valence-electron chi connectivity index (χ0n) is 11.1. The first-order valence-electron chi connectivity index (χ1n) is 6.68. The number of pyridine rings is 1. The number of rotatable bonds is 3. The molecule has 0 unspecified atom stereocenters. The summed E-state index contributed by atoms with van der Waals surface area (Å²) < 4.78 is 0. The summed E-state index contributed by atoms with van der Waals surface area (Å²) in [6.45, 7) is 6.06. The van der Waals surface area contributed by atoms with Crippen LogP contribution in [0, 0.1) is 0 Å². The van der Waals surface area contributed by atoms with Crippen molar-refractivity contribution in [1.82, 2.24) is 10.3 Å². The van der Waals surface area contributed by atoms with Gasteiger partial charge in [-0.15, -0.1) is 0 Å². The minimum Gasteiger partial charge on any atom is -0.371 e. The zero-order valence-corrected chi connectivity index (χ0v) is 11.1. The molecule has 1 saturated heterocycles. The van der Waals surface area contributed by atoms with E-state index in [9.17, 15) is 4.79 Å². The fraction of sp³-hybridized carbons (Fsp3) is 0.571. The van der Waals surface area contributed by atoms with Gasteiger partial charge in [-0.25, -0.2) is 0 Å². The number of hydrogen-bond donors (Lipinski definition) is 1. The second kappa shape index (κ2) is 5.85. The van der Waals surface area contributed by atoms with Crippen LogP contribution in [0.4, 0.5) is 5.69 Å². The Bertz CT molecular complexity index is 411. The second-order valence-corrected chi connectivity index (χ2v) is 5.08. The van der Waals surface area contributed by atoms with Crippen LogP contribution in [-0.2, 0) is 0 Å². The predicted molar refractivity (Wildman–Crippen MR) is 72.9 cm³/mol. The van der Waals surface area contributed by atoms with Crippen molar-refractivity contribution < 1.29 is 4.79 Å². The Morgan fingerprint density at radius 2 is 2.06 bits per heavy atom. The molecule has 98 valence electrons. The van der Waals surface area contributed by atoms with Gasteiger partial charge in [0, 0.05) is 31.0 Å². The minimum atomic E-state index is -0.0936. The van der Waals surface area contributed by atoms with E-state index in [0.717, 1.165) is 18.8 Å². The summed E-state index contributed by atoms with van der Waals surface area (Å²) in [4.78, 5) is 18.4. The topological polar surface area (TPSA) is 45.2 Å². The standard InChI is InChI=1S/C14H21N3O/c1-11(2)16-14(18)13-10-12(6-7-15-13)17-8-4-3-5-9-17/h6-7,10-11H,3-5,8-9H2,1-2H3,(H,16,18). The first kappa shape index (κ1) is 12.9. The van der Waals surface area contributed by atoms with Crippen molar-refractivity contribution in [3.05, 3.63) is 24.0 Å². The molecule has 1 amide bonds. The zero-order chi connectivity index (χ0) is 13.0. The Hall–Kier alpha value is -1.58. The third-order valence-electron chi connectivity index (χ3n) is 3.12. The van der Waals surface area contributed by atoms with Crippen molar-refractivity contribution in [1.29, 1.82) is 0 Å². The molecule has 1 N–H and O–H groups in total. The minimum absolute atomic E-state index is 0.0936. The van der Waals surface area contributed by atoms with Gasteiger partial charge in [0.2, 0.25) is 0 Å². The van der Waals surface area contributed by atoms with Gasteiger partial charge in [-0.3, -0.25) is 9.78 Å². The number of hydrogen-bond acceptors (Lipinski definition) is 3. The molecule has 0 aliphatic carbocycles. The van der Waals surface area contributed by atoms with Crippen molar-refractivity contribution >= 4 is 11.6 Å². The molecule has 2 rings (SSSR count). The van der Waals surface area contributed by atoms with Crippen molar-refractivity contribution in [2.75, 3.05) is 18.0 Å². The maximum absolute atomic E-state index is 11.9.